The molecule has 0 bridgehead atoms. The molecule has 0 atom stereocenters. The van der Waals surface area contributed by atoms with Crippen molar-refractivity contribution >= 4 is 34.1 Å². The van der Waals surface area contributed by atoms with Gasteiger partial charge in [-0.1, -0.05) is 36.9 Å². The number of thioether (sulfide) groups is 1. The van der Waals surface area contributed by atoms with Crippen molar-refractivity contribution in [1.82, 2.24) is 19.7 Å². The van der Waals surface area contributed by atoms with Crippen LogP contribution in [0.3, 0.4) is 0 Å². The van der Waals surface area contributed by atoms with Crippen molar-refractivity contribution in [2.75, 3.05) is 17.7 Å². The molecular formula is C26H26FN5O2S2. The van der Waals surface area contributed by atoms with E-state index in [-0.39, 0.29) is 17.5 Å². The van der Waals surface area contributed by atoms with Crippen LogP contribution in [-0.4, -0.2) is 38.0 Å². The number of rotatable bonds is 12. The molecule has 0 radical (unpaired) electrons. The Kier molecular flexibility index (Phi) is 8.85. The number of hydrogen-bond donors (Lipinski definition) is 1. The van der Waals surface area contributed by atoms with Gasteiger partial charge in [0.1, 0.15) is 11.6 Å². The number of anilines is 1. The van der Waals surface area contributed by atoms with Gasteiger partial charge in [0, 0.05) is 29.6 Å². The lowest BCUT2D eigenvalue weighted by molar-refractivity contribution is -0.113. The summed E-state index contributed by atoms with van der Waals surface area (Å²) in [6.45, 7) is 7.09. The first-order chi connectivity index (χ1) is 17.6. The maximum absolute atomic E-state index is 13.1. The molecule has 4 rings (SSSR count). The zero-order valence-electron chi connectivity index (χ0n) is 19.8. The Morgan fingerprint density at radius 3 is 2.69 bits per heavy atom. The Labute approximate surface area is 217 Å². The number of hydrogen-bond acceptors (Lipinski definition) is 7. The second-order valence-electron chi connectivity index (χ2n) is 7.85. The summed E-state index contributed by atoms with van der Waals surface area (Å²) in [6.07, 6.45) is 5.07. The SMILES string of the molecule is C=CCn1c(SCC(=O)Nc2ncc(Cc3ccc(F)cc3)s2)nnc1-c1ccc(OCCC)cc1. The van der Waals surface area contributed by atoms with E-state index in [1.807, 2.05) is 28.8 Å². The minimum atomic E-state index is -0.264. The topological polar surface area (TPSA) is 81.9 Å². The number of nitrogens with one attached hydrogen (secondary N) is 1. The first-order valence-corrected chi connectivity index (χ1v) is 13.2. The van der Waals surface area contributed by atoms with Gasteiger partial charge in [0.25, 0.3) is 0 Å². The molecule has 0 aliphatic rings. The van der Waals surface area contributed by atoms with Crippen molar-refractivity contribution in [3.05, 3.63) is 83.6 Å². The molecule has 2 heterocycles. The molecule has 36 heavy (non-hydrogen) atoms. The maximum atomic E-state index is 13.1. The number of halogens is 1. The van der Waals surface area contributed by atoms with Crippen molar-refractivity contribution in [3.8, 4) is 17.1 Å². The van der Waals surface area contributed by atoms with Crippen LogP contribution < -0.4 is 10.1 Å². The molecule has 0 aliphatic carbocycles. The summed E-state index contributed by atoms with van der Waals surface area (Å²) < 4.78 is 20.7. The molecular weight excluding hydrogens is 497 g/mol. The predicted octanol–water partition coefficient (Wildman–Crippen LogP) is 5.84. The normalized spacial score (nSPS) is 10.8. The highest BCUT2D eigenvalue weighted by Crippen LogP contribution is 2.27. The van der Waals surface area contributed by atoms with Crippen LogP contribution >= 0.6 is 23.1 Å². The molecule has 0 unspecified atom stereocenters. The van der Waals surface area contributed by atoms with Crippen LogP contribution in [0.5, 0.6) is 5.75 Å². The number of nitrogens with zero attached hydrogens (tertiary/aromatic N) is 4. The van der Waals surface area contributed by atoms with Crippen LogP contribution in [0, 0.1) is 5.82 Å². The lowest BCUT2D eigenvalue weighted by atomic mass is 10.1. The fraction of sp³-hybridized carbons (Fsp3) is 0.231. The summed E-state index contributed by atoms with van der Waals surface area (Å²) in [5, 5.41) is 12.6. The fourth-order valence-corrected chi connectivity index (χ4v) is 4.97. The first kappa shape index (κ1) is 25.6. The van der Waals surface area contributed by atoms with Crippen LogP contribution in [0.25, 0.3) is 11.4 Å². The Bertz CT molecular complexity index is 1300. The number of carbonyl (C=O) groups is 1. The van der Waals surface area contributed by atoms with E-state index in [9.17, 15) is 9.18 Å². The van der Waals surface area contributed by atoms with Gasteiger partial charge in [0.2, 0.25) is 5.91 Å². The van der Waals surface area contributed by atoms with Crippen molar-refractivity contribution in [3.63, 3.8) is 0 Å². The molecule has 186 valence electrons. The third-order valence-electron chi connectivity index (χ3n) is 5.04. The fourth-order valence-electron chi connectivity index (χ4n) is 3.36. The molecule has 10 heteroatoms. The number of thiazole rings is 1. The summed E-state index contributed by atoms with van der Waals surface area (Å²) >= 11 is 2.70. The van der Waals surface area contributed by atoms with Gasteiger partial charge in [-0.3, -0.25) is 9.36 Å². The zero-order valence-corrected chi connectivity index (χ0v) is 21.4. The van der Waals surface area contributed by atoms with E-state index in [1.165, 1.54) is 35.2 Å². The van der Waals surface area contributed by atoms with Crippen molar-refractivity contribution < 1.29 is 13.9 Å². The van der Waals surface area contributed by atoms with Gasteiger partial charge in [-0.05, 0) is 48.4 Å². The summed E-state index contributed by atoms with van der Waals surface area (Å²) in [5.41, 5.74) is 1.88. The third kappa shape index (κ3) is 6.79. The van der Waals surface area contributed by atoms with Crippen molar-refractivity contribution in [2.45, 2.75) is 31.5 Å². The lowest BCUT2D eigenvalue weighted by Crippen LogP contribution is -2.14. The van der Waals surface area contributed by atoms with E-state index < -0.39 is 0 Å². The molecule has 0 saturated heterocycles. The highest BCUT2D eigenvalue weighted by molar-refractivity contribution is 7.99. The van der Waals surface area contributed by atoms with Crippen LogP contribution in [-0.2, 0) is 17.8 Å². The second kappa shape index (κ2) is 12.5. The van der Waals surface area contributed by atoms with Crippen LogP contribution in [0.2, 0.25) is 0 Å². The van der Waals surface area contributed by atoms with E-state index >= 15 is 0 Å². The number of aromatic nitrogens is 4. The predicted molar refractivity (Wildman–Crippen MR) is 142 cm³/mol. The summed E-state index contributed by atoms with van der Waals surface area (Å²) in [5.74, 6) is 1.22. The van der Waals surface area contributed by atoms with Crippen LogP contribution in [0.1, 0.15) is 23.8 Å². The largest absolute Gasteiger partial charge is 0.494 e. The number of amides is 1. The molecule has 7 nitrogen and oxygen atoms in total. The minimum Gasteiger partial charge on any atom is -0.494 e. The van der Waals surface area contributed by atoms with Gasteiger partial charge in [0.05, 0.1) is 12.4 Å². The van der Waals surface area contributed by atoms with Crippen LogP contribution in [0.15, 0.2) is 72.5 Å². The first-order valence-electron chi connectivity index (χ1n) is 11.4. The second-order valence-corrected chi connectivity index (χ2v) is 9.91. The van der Waals surface area contributed by atoms with E-state index in [4.69, 9.17) is 4.74 Å². The average Bonchev–Trinajstić information content (AvgIpc) is 3.50. The Morgan fingerprint density at radius 1 is 1.19 bits per heavy atom. The molecule has 0 aliphatic heterocycles. The molecule has 1 N–H and O–H groups in total. The summed E-state index contributed by atoms with van der Waals surface area (Å²) in [6, 6.07) is 14.1. The van der Waals surface area contributed by atoms with Gasteiger partial charge in [-0.2, -0.15) is 0 Å². The quantitative estimate of drug-likeness (QED) is 0.186. The van der Waals surface area contributed by atoms with E-state index in [0.717, 1.165) is 28.2 Å². The van der Waals surface area contributed by atoms with Gasteiger partial charge in [-0.15, -0.1) is 28.1 Å². The number of ether oxygens (including phenoxy) is 1. The Hall–Kier alpha value is -3.50. The Balaban J connectivity index is 1.36. The standard InChI is InChI=1S/C26H26FN5O2S2/c1-3-13-32-24(19-7-11-21(12-8-19)34-14-4-2)30-31-26(32)35-17-23(33)29-25-28-16-22(36-25)15-18-5-9-20(27)10-6-18/h3,5-12,16H,1,4,13-15,17H2,2H3,(H,28,29,33). The molecule has 0 fully saturated rings. The van der Waals surface area contributed by atoms with Crippen molar-refractivity contribution in [1.29, 1.82) is 0 Å². The van der Waals surface area contributed by atoms with Crippen molar-refractivity contribution in [2.24, 2.45) is 0 Å². The molecule has 0 saturated carbocycles. The maximum Gasteiger partial charge on any atom is 0.236 e. The van der Waals surface area contributed by atoms with Gasteiger partial charge >= 0.3 is 0 Å². The van der Waals surface area contributed by atoms with Gasteiger partial charge in [0.15, 0.2) is 16.1 Å². The average molecular weight is 524 g/mol. The summed E-state index contributed by atoms with van der Waals surface area (Å²) in [4.78, 5) is 17.8. The highest BCUT2D eigenvalue weighted by Gasteiger charge is 2.16. The summed E-state index contributed by atoms with van der Waals surface area (Å²) in [7, 11) is 0. The van der Waals surface area contributed by atoms with Crippen LogP contribution in [0.4, 0.5) is 9.52 Å². The van der Waals surface area contributed by atoms with E-state index in [1.54, 1.807) is 24.4 Å². The molecule has 2 aromatic carbocycles. The number of allylic oxidation sites excluding steroid dienone is 1. The molecule has 4 aromatic rings. The zero-order chi connectivity index (χ0) is 25.3. The molecule has 0 spiro atoms. The molecule has 2 aromatic heterocycles. The number of benzene rings is 2. The smallest absolute Gasteiger partial charge is 0.236 e. The molecule has 1 amide bonds. The lowest BCUT2D eigenvalue weighted by Gasteiger charge is -2.09. The monoisotopic (exact) mass is 523 g/mol. The van der Waals surface area contributed by atoms with E-state index in [2.05, 4.69) is 34.0 Å². The third-order valence-corrected chi connectivity index (χ3v) is 6.92. The van der Waals surface area contributed by atoms with Gasteiger partial charge in [-0.25, -0.2) is 9.37 Å². The Morgan fingerprint density at radius 2 is 1.97 bits per heavy atom. The number of carbonyl (C=O) groups excluding carboxylic acids is 1. The van der Waals surface area contributed by atoms with E-state index in [0.29, 0.717) is 35.7 Å². The van der Waals surface area contributed by atoms with Gasteiger partial charge < -0.3 is 10.1 Å². The highest BCUT2D eigenvalue weighted by atomic mass is 32.2. The minimum absolute atomic E-state index is 0.159.